The average Bonchev–Trinajstić information content (AvgIpc) is 2.62. The van der Waals surface area contributed by atoms with Crippen molar-refractivity contribution in [3.05, 3.63) is 34.6 Å². The summed E-state index contributed by atoms with van der Waals surface area (Å²) >= 11 is 0. The summed E-state index contributed by atoms with van der Waals surface area (Å²) in [5.74, 6) is 0.554. The molecule has 0 aliphatic rings. The Morgan fingerprint density at radius 1 is 1.00 bits per heavy atom. The van der Waals surface area contributed by atoms with E-state index in [9.17, 15) is 0 Å². The Balaban J connectivity index is 2.92. The van der Waals surface area contributed by atoms with Gasteiger partial charge in [0.1, 0.15) is 5.58 Å². The normalized spacial score (nSPS) is 11.6. The zero-order valence-corrected chi connectivity index (χ0v) is 10.1. The van der Waals surface area contributed by atoms with Crippen LogP contribution in [-0.2, 0) is 0 Å². The first-order valence-corrected chi connectivity index (χ1v) is 5.51. The topological polar surface area (TPSA) is 13.1 Å². The molecule has 1 heteroatoms. The van der Waals surface area contributed by atoms with Crippen molar-refractivity contribution in [3.8, 4) is 0 Å². The quantitative estimate of drug-likeness (QED) is 0.664. The molecule has 1 aromatic heterocycles. The van der Waals surface area contributed by atoms with Crippen LogP contribution >= 0.6 is 0 Å². The zero-order chi connectivity index (χ0) is 11.2. The van der Waals surface area contributed by atoms with Crippen LogP contribution in [0.5, 0.6) is 0 Å². The summed E-state index contributed by atoms with van der Waals surface area (Å²) in [4.78, 5) is 0. The lowest BCUT2D eigenvalue weighted by Gasteiger charge is -2.16. The maximum Gasteiger partial charge on any atom is 0.137 e. The van der Waals surface area contributed by atoms with E-state index in [0.717, 1.165) is 5.58 Å². The van der Waals surface area contributed by atoms with Gasteiger partial charge in [-0.3, -0.25) is 0 Å². The third kappa shape index (κ3) is 1.38. The third-order valence-corrected chi connectivity index (χ3v) is 3.36. The van der Waals surface area contributed by atoms with Crippen molar-refractivity contribution in [3.63, 3.8) is 0 Å². The molecule has 0 aliphatic heterocycles. The Kier molecular flexibility index (Phi) is 2.34. The van der Waals surface area contributed by atoms with Crippen LogP contribution in [0.4, 0.5) is 0 Å². The molecule has 0 fully saturated rings. The monoisotopic (exact) mass is 202 g/mol. The van der Waals surface area contributed by atoms with Crippen molar-refractivity contribution in [2.24, 2.45) is 0 Å². The largest absolute Gasteiger partial charge is 0.464 e. The van der Waals surface area contributed by atoms with Gasteiger partial charge in [0.25, 0.3) is 0 Å². The Hall–Kier alpha value is -1.24. The van der Waals surface area contributed by atoms with Gasteiger partial charge < -0.3 is 4.42 Å². The molecule has 0 atom stereocenters. The SMILES string of the molecule is Cc1c(C(C)C)c(C)c2occc2c1C. The van der Waals surface area contributed by atoms with E-state index in [4.69, 9.17) is 4.42 Å². The molecule has 1 heterocycles. The molecule has 0 aliphatic carbocycles. The molecular formula is C14H18O. The second-order valence-corrected chi connectivity index (χ2v) is 4.61. The standard InChI is InChI=1S/C14H18O/c1-8(2)13-10(4)9(3)12-6-7-15-14(12)11(13)5/h6-8H,1-5H3. The van der Waals surface area contributed by atoms with E-state index >= 15 is 0 Å². The van der Waals surface area contributed by atoms with Crippen LogP contribution in [0, 0.1) is 20.8 Å². The first-order chi connectivity index (χ1) is 7.04. The Morgan fingerprint density at radius 3 is 2.27 bits per heavy atom. The van der Waals surface area contributed by atoms with E-state index in [1.165, 1.54) is 27.6 Å². The minimum absolute atomic E-state index is 0.554. The molecule has 2 aromatic rings. The van der Waals surface area contributed by atoms with Crippen LogP contribution in [0.15, 0.2) is 16.7 Å². The first-order valence-electron chi connectivity index (χ1n) is 5.51. The minimum Gasteiger partial charge on any atom is -0.464 e. The third-order valence-electron chi connectivity index (χ3n) is 3.36. The van der Waals surface area contributed by atoms with E-state index in [0.29, 0.717) is 5.92 Å². The highest BCUT2D eigenvalue weighted by Gasteiger charge is 2.15. The number of fused-ring (bicyclic) bond motifs is 1. The van der Waals surface area contributed by atoms with Crippen LogP contribution in [0.3, 0.4) is 0 Å². The zero-order valence-electron chi connectivity index (χ0n) is 10.1. The number of furan rings is 1. The van der Waals surface area contributed by atoms with Crippen molar-refractivity contribution in [1.82, 2.24) is 0 Å². The predicted molar refractivity (Wildman–Crippen MR) is 64.5 cm³/mol. The van der Waals surface area contributed by atoms with Gasteiger partial charge in [0.05, 0.1) is 6.26 Å². The van der Waals surface area contributed by atoms with E-state index in [2.05, 4.69) is 40.7 Å². The molecule has 80 valence electrons. The van der Waals surface area contributed by atoms with Crippen molar-refractivity contribution in [2.45, 2.75) is 40.5 Å². The maximum absolute atomic E-state index is 5.58. The summed E-state index contributed by atoms with van der Waals surface area (Å²) < 4.78 is 5.58. The lowest BCUT2D eigenvalue weighted by molar-refractivity contribution is 0.611. The van der Waals surface area contributed by atoms with Crippen molar-refractivity contribution in [2.75, 3.05) is 0 Å². The molecule has 2 rings (SSSR count). The number of aryl methyl sites for hydroxylation is 2. The Bertz CT molecular complexity index is 504. The van der Waals surface area contributed by atoms with Gasteiger partial charge in [0.15, 0.2) is 0 Å². The fourth-order valence-corrected chi connectivity index (χ4v) is 2.57. The smallest absolute Gasteiger partial charge is 0.137 e. The predicted octanol–water partition coefficient (Wildman–Crippen LogP) is 4.48. The second kappa shape index (κ2) is 3.41. The molecule has 0 bridgehead atoms. The van der Waals surface area contributed by atoms with Crippen LogP contribution < -0.4 is 0 Å². The van der Waals surface area contributed by atoms with Gasteiger partial charge in [-0.15, -0.1) is 0 Å². The van der Waals surface area contributed by atoms with E-state index in [1.807, 2.05) is 0 Å². The van der Waals surface area contributed by atoms with Gasteiger partial charge >= 0.3 is 0 Å². The number of benzene rings is 1. The van der Waals surface area contributed by atoms with Crippen LogP contribution in [0.25, 0.3) is 11.0 Å². The Labute approximate surface area is 91.1 Å². The number of hydrogen-bond acceptors (Lipinski definition) is 1. The highest BCUT2D eigenvalue weighted by Crippen LogP contribution is 2.33. The van der Waals surface area contributed by atoms with E-state index in [-0.39, 0.29) is 0 Å². The lowest BCUT2D eigenvalue weighted by Crippen LogP contribution is -1.99. The first kappa shape index (κ1) is 10.3. The molecule has 0 saturated heterocycles. The van der Waals surface area contributed by atoms with Gasteiger partial charge in [0.2, 0.25) is 0 Å². The van der Waals surface area contributed by atoms with Crippen molar-refractivity contribution >= 4 is 11.0 Å². The summed E-state index contributed by atoms with van der Waals surface area (Å²) in [6, 6.07) is 2.06. The number of hydrogen-bond donors (Lipinski definition) is 0. The molecule has 0 N–H and O–H groups in total. The van der Waals surface area contributed by atoms with E-state index < -0.39 is 0 Å². The van der Waals surface area contributed by atoms with Gasteiger partial charge in [-0.2, -0.15) is 0 Å². The van der Waals surface area contributed by atoms with Gasteiger partial charge in [-0.05, 0) is 55.0 Å². The molecule has 0 radical (unpaired) electrons. The van der Waals surface area contributed by atoms with Gasteiger partial charge in [-0.1, -0.05) is 13.8 Å². The number of rotatable bonds is 1. The molecule has 1 aromatic carbocycles. The van der Waals surface area contributed by atoms with Crippen molar-refractivity contribution < 1.29 is 4.42 Å². The lowest BCUT2D eigenvalue weighted by atomic mass is 9.88. The fourth-order valence-electron chi connectivity index (χ4n) is 2.57. The fraction of sp³-hybridized carbons (Fsp3) is 0.429. The van der Waals surface area contributed by atoms with Crippen LogP contribution in [0.1, 0.15) is 42.0 Å². The molecule has 1 nitrogen and oxygen atoms in total. The highest BCUT2D eigenvalue weighted by molar-refractivity contribution is 5.86. The van der Waals surface area contributed by atoms with Gasteiger partial charge in [0, 0.05) is 5.39 Å². The molecule has 0 spiro atoms. The molecule has 0 saturated carbocycles. The summed E-state index contributed by atoms with van der Waals surface area (Å²) in [5.41, 5.74) is 6.56. The summed E-state index contributed by atoms with van der Waals surface area (Å²) in [6.07, 6.45) is 1.79. The highest BCUT2D eigenvalue weighted by atomic mass is 16.3. The summed E-state index contributed by atoms with van der Waals surface area (Å²) in [7, 11) is 0. The Morgan fingerprint density at radius 2 is 1.67 bits per heavy atom. The van der Waals surface area contributed by atoms with Gasteiger partial charge in [-0.25, -0.2) is 0 Å². The summed E-state index contributed by atoms with van der Waals surface area (Å²) in [6.45, 7) is 11.0. The second-order valence-electron chi connectivity index (χ2n) is 4.61. The van der Waals surface area contributed by atoms with Crippen molar-refractivity contribution in [1.29, 1.82) is 0 Å². The average molecular weight is 202 g/mol. The van der Waals surface area contributed by atoms with Crippen LogP contribution in [-0.4, -0.2) is 0 Å². The minimum atomic E-state index is 0.554. The molecular weight excluding hydrogens is 184 g/mol. The van der Waals surface area contributed by atoms with Crippen LogP contribution in [0.2, 0.25) is 0 Å². The molecule has 0 amide bonds. The maximum atomic E-state index is 5.58. The molecule has 15 heavy (non-hydrogen) atoms. The molecule has 0 unspecified atom stereocenters. The van der Waals surface area contributed by atoms with E-state index in [1.54, 1.807) is 6.26 Å². The summed E-state index contributed by atoms with van der Waals surface area (Å²) in [5, 5.41) is 1.26.